The summed E-state index contributed by atoms with van der Waals surface area (Å²) < 4.78 is 19.0. The summed E-state index contributed by atoms with van der Waals surface area (Å²) in [5, 5.41) is 3.48. The molecule has 1 unspecified atom stereocenters. The molecule has 0 saturated carbocycles. The van der Waals surface area contributed by atoms with Gasteiger partial charge < -0.3 is 9.73 Å². The first-order chi connectivity index (χ1) is 8.22. The molecule has 0 aliphatic rings. The molecule has 4 heteroatoms. The van der Waals surface area contributed by atoms with Crippen LogP contribution in [0.4, 0.5) is 4.39 Å². The molecule has 0 amide bonds. The number of hydrogen-bond donors (Lipinski definition) is 1. The molecule has 2 nitrogen and oxygen atoms in total. The van der Waals surface area contributed by atoms with Gasteiger partial charge in [0.1, 0.15) is 11.6 Å². The molecule has 17 heavy (non-hydrogen) atoms. The van der Waals surface area contributed by atoms with Crippen LogP contribution in [0.1, 0.15) is 17.4 Å². The predicted octanol–water partition coefficient (Wildman–Crippen LogP) is 3.58. The summed E-state index contributed by atoms with van der Waals surface area (Å²) in [6.07, 6.45) is 2.16. The van der Waals surface area contributed by atoms with Gasteiger partial charge in [0.2, 0.25) is 0 Å². The van der Waals surface area contributed by atoms with Gasteiger partial charge in [0.05, 0.1) is 6.26 Å². The van der Waals surface area contributed by atoms with Crippen LogP contribution in [-0.4, -0.2) is 7.05 Å². The zero-order chi connectivity index (χ0) is 12.3. The van der Waals surface area contributed by atoms with E-state index in [0.29, 0.717) is 17.0 Å². The summed E-state index contributed by atoms with van der Waals surface area (Å²) >= 11 is 6.03. The van der Waals surface area contributed by atoms with Crippen LogP contribution in [0.3, 0.4) is 0 Å². The summed E-state index contributed by atoms with van der Waals surface area (Å²) in [7, 11) is 1.77. The highest BCUT2D eigenvalue weighted by atomic mass is 35.5. The van der Waals surface area contributed by atoms with Crippen molar-refractivity contribution in [3.05, 3.63) is 58.8 Å². The number of furan rings is 1. The maximum atomic E-state index is 13.8. The van der Waals surface area contributed by atoms with Crippen molar-refractivity contribution < 1.29 is 8.81 Å². The molecule has 1 N–H and O–H groups in total. The summed E-state index contributed by atoms with van der Waals surface area (Å²) in [5.41, 5.74) is 0.480. The van der Waals surface area contributed by atoms with Crippen LogP contribution in [0.5, 0.6) is 0 Å². The zero-order valence-electron chi connectivity index (χ0n) is 9.41. The van der Waals surface area contributed by atoms with Crippen LogP contribution in [0.15, 0.2) is 41.0 Å². The standard InChI is InChI=1S/C13H13ClFNO/c1-16-12(8-9-4-3-7-17-9)13-10(14)5-2-6-11(13)15/h2-7,12,16H,8H2,1H3. The van der Waals surface area contributed by atoms with Crippen LogP contribution in [0.2, 0.25) is 5.02 Å². The van der Waals surface area contributed by atoms with Gasteiger partial charge in [0, 0.05) is 23.0 Å². The molecule has 1 heterocycles. The van der Waals surface area contributed by atoms with Gasteiger partial charge in [0.15, 0.2) is 0 Å². The Morgan fingerprint density at radius 3 is 2.76 bits per heavy atom. The monoisotopic (exact) mass is 253 g/mol. The summed E-state index contributed by atoms with van der Waals surface area (Å²) in [5.74, 6) is 0.493. The van der Waals surface area contributed by atoms with Crippen LogP contribution < -0.4 is 5.32 Å². The lowest BCUT2D eigenvalue weighted by atomic mass is 10.0. The second-order valence-corrected chi connectivity index (χ2v) is 4.17. The summed E-state index contributed by atoms with van der Waals surface area (Å²) in [6.45, 7) is 0. The Morgan fingerprint density at radius 2 is 2.18 bits per heavy atom. The third-order valence-corrected chi connectivity index (χ3v) is 3.01. The van der Waals surface area contributed by atoms with E-state index in [2.05, 4.69) is 5.32 Å². The molecule has 90 valence electrons. The van der Waals surface area contributed by atoms with Crippen molar-refractivity contribution in [3.8, 4) is 0 Å². The number of rotatable bonds is 4. The second-order valence-electron chi connectivity index (χ2n) is 3.76. The molecule has 0 fully saturated rings. The number of hydrogen-bond acceptors (Lipinski definition) is 2. The molecule has 0 saturated heterocycles. The summed E-state index contributed by atoms with van der Waals surface area (Å²) in [4.78, 5) is 0. The fourth-order valence-corrected chi connectivity index (χ4v) is 2.12. The van der Waals surface area contributed by atoms with Crippen LogP contribution in [-0.2, 0) is 6.42 Å². The van der Waals surface area contributed by atoms with Gasteiger partial charge in [0.25, 0.3) is 0 Å². The van der Waals surface area contributed by atoms with Crippen LogP contribution in [0, 0.1) is 5.82 Å². The van der Waals surface area contributed by atoms with Crippen molar-refractivity contribution in [2.45, 2.75) is 12.5 Å². The minimum absolute atomic E-state index is 0.199. The Kier molecular flexibility index (Phi) is 3.82. The van der Waals surface area contributed by atoms with E-state index in [0.717, 1.165) is 5.76 Å². The largest absolute Gasteiger partial charge is 0.469 e. The van der Waals surface area contributed by atoms with E-state index in [1.807, 2.05) is 12.1 Å². The van der Waals surface area contributed by atoms with E-state index in [4.69, 9.17) is 16.0 Å². The van der Waals surface area contributed by atoms with Crippen molar-refractivity contribution >= 4 is 11.6 Å². The summed E-state index contributed by atoms with van der Waals surface area (Å²) in [6, 6.07) is 8.17. The smallest absolute Gasteiger partial charge is 0.129 e. The molecule has 2 aromatic rings. The van der Waals surface area contributed by atoms with Crippen molar-refractivity contribution in [3.63, 3.8) is 0 Å². The molecule has 0 bridgehead atoms. The minimum Gasteiger partial charge on any atom is -0.469 e. The van der Waals surface area contributed by atoms with Gasteiger partial charge in [-0.05, 0) is 31.3 Å². The molecule has 0 radical (unpaired) electrons. The van der Waals surface area contributed by atoms with Gasteiger partial charge >= 0.3 is 0 Å². The van der Waals surface area contributed by atoms with Crippen molar-refractivity contribution in [1.82, 2.24) is 5.32 Å². The molecular formula is C13H13ClFNO. The Balaban J connectivity index is 2.29. The zero-order valence-corrected chi connectivity index (χ0v) is 10.2. The Labute approximate surface area is 104 Å². The Hall–Kier alpha value is -1.32. The molecule has 1 aromatic carbocycles. The fraction of sp³-hybridized carbons (Fsp3) is 0.231. The van der Waals surface area contributed by atoms with Crippen molar-refractivity contribution in [2.24, 2.45) is 0 Å². The number of nitrogens with one attached hydrogen (secondary N) is 1. The van der Waals surface area contributed by atoms with Crippen molar-refractivity contribution in [1.29, 1.82) is 0 Å². The Morgan fingerprint density at radius 1 is 1.35 bits per heavy atom. The topological polar surface area (TPSA) is 25.2 Å². The minimum atomic E-state index is -0.302. The molecular weight excluding hydrogens is 241 g/mol. The van der Waals surface area contributed by atoms with Gasteiger partial charge in [-0.15, -0.1) is 0 Å². The predicted molar refractivity (Wildman–Crippen MR) is 65.6 cm³/mol. The molecule has 0 spiro atoms. The lowest BCUT2D eigenvalue weighted by molar-refractivity contribution is 0.455. The average molecular weight is 254 g/mol. The lowest BCUT2D eigenvalue weighted by Gasteiger charge is -2.17. The quantitative estimate of drug-likeness (QED) is 0.901. The van der Waals surface area contributed by atoms with Crippen molar-refractivity contribution in [2.75, 3.05) is 7.05 Å². The molecule has 1 aromatic heterocycles. The third kappa shape index (κ3) is 2.68. The second kappa shape index (κ2) is 5.34. The molecule has 0 aliphatic heterocycles. The SMILES string of the molecule is CNC(Cc1ccco1)c1c(F)cccc1Cl. The van der Waals surface area contributed by atoms with E-state index < -0.39 is 0 Å². The highest BCUT2D eigenvalue weighted by Crippen LogP contribution is 2.28. The van der Waals surface area contributed by atoms with E-state index in [9.17, 15) is 4.39 Å². The first-order valence-corrected chi connectivity index (χ1v) is 5.73. The number of likely N-dealkylation sites (N-methyl/N-ethyl adjacent to an activating group) is 1. The number of benzene rings is 1. The molecule has 2 rings (SSSR count). The maximum Gasteiger partial charge on any atom is 0.129 e. The first-order valence-electron chi connectivity index (χ1n) is 5.36. The van der Waals surface area contributed by atoms with E-state index in [1.54, 1.807) is 25.4 Å². The van der Waals surface area contributed by atoms with Crippen LogP contribution >= 0.6 is 11.6 Å². The molecule has 1 atom stereocenters. The van der Waals surface area contributed by atoms with Gasteiger partial charge in [-0.3, -0.25) is 0 Å². The first kappa shape index (κ1) is 12.1. The average Bonchev–Trinajstić information content (AvgIpc) is 2.80. The highest BCUT2D eigenvalue weighted by Gasteiger charge is 2.18. The van der Waals surface area contributed by atoms with E-state index >= 15 is 0 Å². The normalized spacial score (nSPS) is 12.6. The maximum absolute atomic E-state index is 13.8. The highest BCUT2D eigenvalue weighted by molar-refractivity contribution is 6.31. The Bertz CT molecular complexity index is 464. The van der Waals surface area contributed by atoms with E-state index in [1.165, 1.54) is 6.07 Å². The van der Waals surface area contributed by atoms with Gasteiger partial charge in [-0.25, -0.2) is 4.39 Å². The fourth-order valence-electron chi connectivity index (χ4n) is 1.82. The van der Waals surface area contributed by atoms with Crippen LogP contribution in [0.25, 0.3) is 0 Å². The number of halogens is 2. The van der Waals surface area contributed by atoms with Gasteiger partial charge in [-0.1, -0.05) is 17.7 Å². The molecule has 0 aliphatic carbocycles. The van der Waals surface area contributed by atoms with E-state index in [-0.39, 0.29) is 11.9 Å². The third-order valence-electron chi connectivity index (χ3n) is 2.68. The van der Waals surface area contributed by atoms with Gasteiger partial charge in [-0.2, -0.15) is 0 Å². The lowest BCUT2D eigenvalue weighted by Crippen LogP contribution is -2.20.